The normalized spacial score (nSPS) is 10.8. The summed E-state index contributed by atoms with van der Waals surface area (Å²) in [4.78, 5) is 16.1. The molecule has 1 amide bonds. The van der Waals surface area contributed by atoms with Crippen LogP contribution in [0, 0.1) is 5.82 Å². The molecule has 4 N–H and O–H groups in total. The zero-order chi connectivity index (χ0) is 20.4. The number of para-hydroxylation sites is 1. The Kier molecular flexibility index (Phi) is 4.73. The minimum atomic E-state index is -0.583. The van der Waals surface area contributed by atoms with Crippen LogP contribution in [0.5, 0.6) is 5.88 Å². The van der Waals surface area contributed by atoms with E-state index in [0.717, 1.165) is 5.56 Å². The molecular formula is C19H16FN7O2. The van der Waals surface area contributed by atoms with Crippen molar-refractivity contribution in [1.29, 1.82) is 0 Å². The fourth-order valence-electron chi connectivity index (χ4n) is 2.91. The molecule has 0 aliphatic rings. The first kappa shape index (κ1) is 18.3. The molecule has 0 radical (unpaired) electrons. The molecule has 0 aliphatic heterocycles. The largest absolute Gasteiger partial charge is 0.477 e. The molecule has 0 fully saturated rings. The summed E-state index contributed by atoms with van der Waals surface area (Å²) < 4.78 is 18.6. The van der Waals surface area contributed by atoms with Gasteiger partial charge >= 0.3 is 0 Å². The molecule has 0 aliphatic carbocycles. The van der Waals surface area contributed by atoms with E-state index < -0.39 is 5.91 Å². The van der Waals surface area contributed by atoms with Gasteiger partial charge in [0.1, 0.15) is 17.0 Å². The molecule has 2 heterocycles. The second-order valence-electron chi connectivity index (χ2n) is 6.14. The van der Waals surface area contributed by atoms with Crippen LogP contribution in [0.4, 0.5) is 10.2 Å². The molecule has 0 spiro atoms. The number of primary amides is 1. The number of anilines is 1. The van der Waals surface area contributed by atoms with E-state index in [0.29, 0.717) is 29.0 Å². The summed E-state index contributed by atoms with van der Waals surface area (Å²) in [5.41, 5.74) is 7.32. The number of hydrogen-bond acceptors (Lipinski definition) is 7. The molecule has 146 valence electrons. The van der Waals surface area contributed by atoms with E-state index in [-0.39, 0.29) is 23.1 Å². The summed E-state index contributed by atoms with van der Waals surface area (Å²) in [6.07, 6.45) is 0. The van der Waals surface area contributed by atoms with E-state index in [1.165, 1.54) is 19.2 Å². The monoisotopic (exact) mass is 393 g/mol. The Labute approximate surface area is 164 Å². The van der Waals surface area contributed by atoms with Crippen molar-refractivity contribution >= 4 is 22.6 Å². The van der Waals surface area contributed by atoms with Crippen LogP contribution in [0.25, 0.3) is 22.4 Å². The van der Waals surface area contributed by atoms with E-state index >= 15 is 0 Å². The maximum absolute atomic E-state index is 13.4. The van der Waals surface area contributed by atoms with E-state index in [9.17, 15) is 9.18 Å². The number of hydrogen-bond donors (Lipinski definition) is 3. The molecule has 0 atom stereocenters. The van der Waals surface area contributed by atoms with E-state index in [1.807, 2.05) is 0 Å². The van der Waals surface area contributed by atoms with Gasteiger partial charge in [-0.15, -0.1) is 10.2 Å². The van der Waals surface area contributed by atoms with Gasteiger partial charge in [0.15, 0.2) is 5.82 Å². The summed E-state index contributed by atoms with van der Waals surface area (Å²) in [6, 6.07) is 11.3. The highest BCUT2D eigenvalue weighted by Gasteiger charge is 2.18. The van der Waals surface area contributed by atoms with Crippen molar-refractivity contribution in [1.82, 2.24) is 25.4 Å². The third-order valence-corrected chi connectivity index (χ3v) is 4.27. The number of halogens is 1. The molecule has 4 aromatic rings. The van der Waals surface area contributed by atoms with Gasteiger partial charge in [-0.2, -0.15) is 5.10 Å². The fourth-order valence-corrected chi connectivity index (χ4v) is 2.91. The number of nitrogens with zero attached hydrogens (tertiary/aromatic N) is 4. The molecule has 4 rings (SSSR count). The highest BCUT2D eigenvalue weighted by Crippen LogP contribution is 2.28. The fraction of sp³-hybridized carbons (Fsp3) is 0.105. The van der Waals surface area contributed by atoms with Crippen LogP contribution < -0.4 is 15.8 Å². The molecule has 9 nitrogen and oxygen atoms in total. The number of methoxy groups -OCH3 is 1. The van der Waals surface area contributed by atoms with Gasteiger partial charge in [0.2, 0.25) is 5.82 Å². The summed E-state index contributed by atoms with van der Waals surface area (Å²) >= 11 is 0. The average Bonchev–Trinajstić information content (AvgIpc) is 3.16. The lowest BCUT2D eigenvalue weighted by Gasteiger charge is -2.10. The van der Waals surface area contributed by atoms with Gasteiger partial charge in [0, 0.05) is 11.9 Å². The van der Waals surface area contributed by atoms with Crippen molar-refractivity contribution in [3.8, 4) is 17.4 Å². The van der Waals surface area contributed by atoms with Crippen LogP contribution in [-0.4, -0.2) is 38.4 Å². The molecule has 0 saturated carbocycles. The number of carbonyl (C=O) groups is 1. The standard InChI is InChI=1S/C19H16FN7O2/c1-29-19-18(22-9-10-4-2-5-11(20)8-10)23-17(26-27-19)15-12-6-3-7-13(16(21)28)14(12)24-25-15/h2-8H,9H2,1H3,(H2,21,28)(H,24,25)(H,22,23,26). The third-order valence-electron chi connectivity index (χ3n) is 4.27. The lowest BCUT2D eigenvalue weighted by atomic mass is 10.1. The van der Waals surface area contributed by atoms with Crippen molar-refractivity contribution in [3.05, 3.63) is 59.4 Å². The van der Waals surface area contributed by atoms with Crippen LogP contribution in [-0.2, 0) is 6.54 Å². The molecule has 0 unspecified atom stereocenters. The molecule has 2 aromatic heterocycles. The van der Waals surface area contributed by atoms with Gasteiger partial charge < -0.3 is 15.8 Å². The van der Waals surface area contributed by atoms with Crippen molar-refractivity contribution < 1.29 is 13.9 Å². The highest BCUT2D eigenvalue weighted by atomic mass is 19.1. The predicted molar refractivity (Wildman–Crippen MR) is 104 cm³/mol. The molecule has 0 bridgehead atoms. The third kappa shape index (κ3) is 3.55. The van der Waals surface area contributed by atoms with Crippen molar-refractivity contribution in [2.75, 3.05) is 12.4 Å². The second kappa shape index (κ2) is 7.50. The Hall–Kier alpha value is -4.08. The van der Waals surface area contributed by atoms with E-state index in [2.05, 4.69) is 30.7 Å². The Morgan fingerprint density at radius 2 is 2.07 bits per heavy atom. The van der Waals surface area contributed by atoms with Gasteiger partial charge in [0.05, 0.1) is 12.7 Å². The summed E-state index contributed by atoms with van der Waals surface area (Å²) in [5.74, 6) is -0.147. The number of nitrogens with one attached hydrogen (secondary N) is 2. The number of aromatic nitrogens is 5. The molecule has 0 saturated heterocycles. The average molecular weight is 393 g/mol. The zero-order valence-electron chi connectivity index (χ0n) is 15.3. The zero-order valence-corrected chi connectivity index (χ0v) is 15.3. The first-order valence-corrected chi connectivity index (χ1v) is 8.61. The summed E-state index contributed by atoms with van der Waals surface area (Å²) in [5, 5.41) is 18.8. The maximum Gasteiger partial charge on any atom is 0.276 e. The number of ether oxygens (including phenoxy) is 1. The number of aromatic amines is 1. The Balaban J connectivity index is 1.70. The van der Waals surface area contributed by atoms with Gasteiger partial charge in [-0.05, 0) is 23.8 Å². The quantitative estimate of drug-likeness (QED) is 0.458. The second-order valence-corrected chi connectivity index (χ2v) is 6.14. The minimum absolute atomic E-state index is 0.187. The predicted octanol–water partition coefficient (Wildman–Crippen LogP) is 2.27. The molecule has 10 heteroatoms. The number of carbonyl (C=O) groups excluding carboxylic acids is 1. The number of H-pyrrole nitrogens is 1. The molecule has 29 heavy (non-hydrogen) atoms. The van der Waals surface area contributed by atoms with E-state index in [4.69, 9.17) is 10.5 Å². The van der Waals surface area contributed by atoms with Gasteiger partial charge in [-0.25, -0.2) is 9.37 Å². The van der Waals surface area contributed by atoms with E-state index in [1.54, 1.807) is 30.3 Å². The Morgan fingerprint density at radius 3 is 2.83 bits per heavy atom. The van der Waals surface area contributed by atoms with Crippen molar-refractivity contribution in [2.45, 2.75) is 6.54 Å². The van der Waals surface area contributed by atoms with Crippen molar-refractivity contribution in [2.24, 2.45) is 5.73 Å². The SMILES string of the molecule is COc1nnc(-c2[nH]nc3c(C(N)=O)cccc23)nc1NCc1cccc(F)c1. The summed E-state index contributed by atoms with van der Waals surface area (Å²) in [7, 11) is 1.45. The van der Waals surface area contributed by atoms with Gasteiger partial charge in [-0.1, -0.05) is 24.3 Å². The topological polar surface area (TPSA) is 132 Å². The Bertz CT molecular complexity index is 1210. The smallest absolute Gasteiger partial charge is 0.276 e. The van der Waals surface area contributed by atoms with Crippen LogP contribution >= 0.6 is 0 Å². The lowest BCUT2D eigenvalue weighted by Crippen LogP contribution is -2.11. The van der Waals surface area contributed by atoms with Crippen LogP contribution in [0.3, 0.4) is 0 Å². The highest BCUT2D eigenvalue weighted by molar-refractivity contribution is 6.07. The van der Waals surface area contributed by atoms with Crippen LogP contribution in [0.1, 0.15) is 15.9 Å². The minimum Gasteiger partial charge on any atom is -0.477 e. The first-order valence-electron chi connectivity index (χ1n) is 8.61. The summed E-state index contributed by atoms with van der Waals surface area (Å²) in [6.45, 7) is 0.307. The number of fused-ring (bicyclic) bond motifs is 1. The number of amides is 1. The molecular weight excluding hydrogens is 377 g/mol. The Morgan fingerprint density at radius 1 is 1.24 bits per heavy atom. The molecule has 2 aromatic carbocycles. The van der Waals surface area contributed by atoms with Crippen LogP contribution in [0.15, 0.2) is 42.5 Å². The van der Waals surface area contributed by atoms with Crippen molar-refractivity contribution in [3.63, 3.8) is 0 Å². The van der Waals surface area contributed by atoms with Gasteiger partial charge in [-0.3, -0.25) is 9.89 Å². The van der Waals surface area contributed by atoms with Crippen LogP contribution in [0.2, 0.25) is 0 Å². The number of benzene rings is 2. The lowest BCUT2D eigenvalue weighted by molar-refractivity contribution is 0.100. The number of rotatable bonds is 6. The van der Waals surface area contributed by atoms with Gasteiger partial charge in [0.25, 0.3) is 11.8 Å². The maximum atomic E-state index is 13.4. The number of nitrogens with two attached hydrogens (primary N) is 1. The first-order chi connectivity index (χ1) is 14.1.